The summed E-state index contributed by atoms with van der Waals surface area (Å²) in [6, 6.07) is 5.34. The third kappa shape index (κ3) is 9.56. The molecule has 11 heteroatoms. The van der Waals surface area contributed by atoms with E-state index in [2.05, 4.69) is 16.0 Å². The Kier molecular flexibility index (Phi) is 10.8. The maximum Gasteiger partial charge on any atom is 0.326 e. The van der Waals surface area contributed by atoms with Crippen LogP contribution in [0.4, 0.5) is 0 Å². The molecule has 0 heterocycles. The first kappa shape index (κ1) is 26.6. The van der Waals surface area contributed by atoms with Gasteiger partial charge in [0.25, 0.3) is 0 Å². The summed E-state index contributed by atoms with van der Waals surface area (Å²) in [5, 5.41) is 16.6. The van der Waals surface area contributed by atoms with E-state index in [1.54, 1.807) is 24.3 Å². The molecule has 0 aromatic heterocycles. The monoisotopic (exact) mass is 449 g/mol. The van der Waals surface area contributed by atoms with Gasteiger partial charge in [0.15, 0.2) is 0 Å². The third-order valence-corrected chi connectivity index (χ3v) is 4.48. The molecule has 0 saturated heterocycles. The molecular weight excluding hydrogens is 418 g/mol. The van der Waals surface area contributed by atoms with E-state index in [9.17, 15) is 29.1 Å². The minimum absolute atomic E-state index is 0.0309. The summed E-state index contributed by atoms with van der Waals surface area (Å²) >= 11 is 0. The third-order valence-electron chi connectivity index (χ3n) is 4.48. The summed E-state index contributed by atoms with van der Waals surface area (Å²) in [7, 11) is 0. The Labute approximate surface area is 186 Å². The van der Waals surface area contributed by atoms with Gasteiger partial charge in [-0.3, -0.25) is 19.2 Å². The molecule has 0 bridgehead atoms. The second kappa shape index (κ2) is 13.1. The SMILES string of the molecule is CC(C)CC(NC(=O)C(Cc1ccccc1)NC(=O)CN)C(=O)NC(CC(N)=O)C(=O)O. The van der Waals surface area contributed by atoms with E-state index in [1.165, 1.54) is 0 Å². The van der Waals surface area contributed by atoms with Gasteiger partial charge in [-0.25, -0.2) is 4.79 Å². The Morgan fingerprint density at radius 3 is 1.97 bits per heavy atom. The highest BCUT2D eigenvalue weighted by atomic mass is 16.4. The number of carbonyl (C=O) groups excluding carboxylic acids is 4. The van der Waals surface area contributed by atoms with Crippen molar-refractivity contribution in [2.45, 2.75) is 51.2 Å². The number of primary amides is 1. The number of rotatable bonds is 13. The second-order valence-corrected chi connectivity index (χ2v) is 7.77. The lowest BCUT2D eigenvalue weighted by Crippen LogP contribution is -2.57. The van der Waals surface area contributed by atoms with Crippen molar-refractivity contribution in [3.8, 4) is 0 Å². The topological polar surface area (TPSA) is 194 Å². The lowest BCUT2D eigenvalue weighted by atomic mass is 10.0. The Morgan fingerprint density at radius 1 is 0.906 bits per heavy atom. The van der Waals surface area contributed by atoms with Gasteiger partial charge in [-0.2, -0.15) is 0 Å². The van der Waals surface area contributed by atoms with Gasteiger partial charge in [-0.15, -0.1) is 0 Å². The fraction of sp³-hybridized carbons (Fsp3) is 0.476. The fourth-order valence-corrected chi connectivity index (χ4v) is 2.96. The Balaban J connectivity index is 3.02. The van der Waals surface area contributed by atoms with Crippen LogP contribution in [0.3, 0.4) is 0 Å². The number of nitrogens with one attached hydrogen (secondary N) is 3. The largest absolute Gasteiger partial charge is 0.480 e. The molecule has 0 saturated carbocycles. The number of amides is 4. The van der Waals surface area contributed by atoms with Crippen molar-refractivity contribution >= 4 is 29.6 Å². The first-order valence-electron chi connectivity index (χ1n) is 10.2. The van der Waals surface area contributed by atoms with E-state index in [1.807, 2.05) is 19.9 Å². The molecule has 0 spiro atoms. The van der Waals surface area contributed by atoms with Crippen molar-refractivity contribution < 1.29 is 29.1 Å². The molecular formula is C21H31N5O6. The quantitative estimate of drug-likeness (QED) is 0.214. The molecule has 32 heavy (non-hydrogen) atoms. The number of nitrogens with two attached hydrogens (primary N) is 2. The van der Waals surface area contributed by atoms with Crippen molar-refractivity contribution in [3.05, 3.63) is 35.9 Å². The first-order chi connectivity index (χ1) is 15.0. The maximum atomic E-state index is 13.0. The number of carboxylic acids is 1. The van der Waals surface area contributed by atoms with Crippen LogP contribution in [-0.2, 0) is 30.4 Å². The number of hydrogen-bond acceptors (Lipinski definition) is 6. The average Bonchev–Trinajstić information content (AvgIpc) is 2.72. The Bertz CT molecular complexity index is 814. The van der Waals surface area contributed by atoms with Crippen LogP contribution in [-0.4, -0.2) is 59.4 Å². The van der Waals surface area contributed by atoms with Gasteiger partial charge < -0.3 is 32.5 Å². The van der Waals surface area contributed by atoms with Gasteiger partial charge in [-0.05, 0) is 17.9 Å². The highest BCUT2D eigenvalue weighted by Gasteiger charge is 2.30. The number of carboxylic acid groups (broad SMARTS) is 1. The Hall–Kier alpha value is -3.47. The van der Waals surface area contributed by atoms with E-state index in [-0.39, 0.29) is 25.3 Å². The molecule has 0 aliphatic rings. The minimum atomic E-state index is -1.52. The van der Waals surface area contributed by atoms with Crippen LogP contribution in [0.5, 0.6) is 0 Å². The zero-order valence-electron chi connectivity index (χ0n) is 18.2. The highest BCUT2D eigenvalue weighted by molar-refractivity contribution is 5.94. The molecule has 3 atom stereocenters. The van der Waals surface area contributed by atoms with E-state index >= 15 is 0 Å². The van der Waals surface area contributed by atoms with E-state index < -0.39 is 54.1 Å². The fourth-order valence-electron chi connectivity index (χ4n) is 2.96. The molecule has 0 fully saturated rings. The smallest absolute Gasteiger partial charge is 0.326 e. The Morgan fingerprint density at radius 2 is 1.47 bits per heavy atom. The van der Waals surface area contributed by atoms with Crippen molar-refractivity contribution in [1.29, 1.82) is 0 Å². The van der Waals surface area contributed by atoms with Crippen LogP contribution in [0.2, 0.25) is 0 Å². The zero-order valence-corrected chi connectivity index (χ0v) is 18.2. The molecule has 176 valence electrons. The lowest BCUT2D eigenvalue weighted by molar-refractivity contribution is -0.143. The molecule has 0 aliphatic heterocycles. The summed E-state index contributed by atoms with van der Waals surface area (Å²) in [6.07, 6.45) is -0.232. The van der Waals surface area contributed by atoms with Gasteiger partial charge in [-0.1, -0.05) is 44.2 Å². The molecule has 1 aromatic rings. The van der Waals surface area contributed by atoms with E-state index in [4.69, 9.17) is 11.5 Å². The second-order valence-electron chi connectivity index (χ2n) is 7.77. The van der Waals surface area contributed by atoms with Crippen LogP contribution >= 0.6 is 0 Å². The predicted octanol–water partition coefficient (Wildman–Crippen LogP) is -1.35. The van der Waals surface area contributed by atoms with Gasteiger partial charge in [0.2, 0.25) is 23.6 Å². The van der Waals surface area contributed by atoms with Crippen LogP contribution in [0.25, 0.3) is 0 Å². The summed E-state index contributed by atoms with van der Waals surface area (Å²) in [5.74, 6) is -4.30. The van der Waals surface area contributed by atoms with Crippen LogP contribution < -0.4 is 27.4 Å². The zero-order chi connectivity index (χ0) is 24.3. The van der Waals surface area contributed by atoms with Gasteiger partial charge in [0.05, 0.1) is 13.0 Å². The van der Waals surface area contributed by atoms with Crippen molar-refractivity contribution in [2.75, 3.05) is 6.54 Å². The normalized spacial score (nSPS) is 13.5. The molecule has 11 nitrogen and oxygen atoms in total. The summed E-state index contributed by atoms with van der Waals surface area (Å²) in [4.78, 5) is 59.9. The highest BCUT2D eigenvalue weighted by Crippen LogP contribution is 2.09. The van der Waals surface area contributed by atoms with E-state index in [0.29, 0.717) is 0 Å². The minimum Gasteiger partial charge on any atom is -0.480 e. The van der Waals surface area contributed by atoms with Crippen molar-refractivity contribution in [3.63, 3.8) is 0 Å². The van der Waals surface area contributed by atoms with Gasteiger partial charge in [0.1, 0.15) is 18.1 Å². The van der Waals surface area contributed by atoms with Crippen LogP contribution in [0.1, 0.15) is 32.3 Å². The van der Waals surface area contributed by atoms with Gasteiger partial charge in [0, 0.05) is 6.42 Å². The average molecular weight is 450 g/mol. The van der Waals surface area contributed by atoms with E-state index in [0.717, 1.165) is 5.56 Å². The standard InChI is InChI=1S/C21H31N5O6/c1-12(2)8-14(19(29)26-16(21(31)32)10-17(23)27)25-20(30)15(24-18(28)11-22)9-13-6-4-3-5-7-13/h3-7,12,14-16H,8-11,22H2,1-2H3,(H2,23,27)(H,24,28)(H,25,30)(H,26,29)(H,31,32). The molecule has 1 rings (SSSR count). The number of aliphatic carboxylic acids is 1. The summed E-state index contributed by atoms with van der Waals surface area (Å²) < 4.78 is 0. The molecule has 0 aliphatic carbocycles. The molecule has 3 unspecified atom stereocenters. The first-order valence-corrected chi connectivity index (χ1v) is 10.2. The molecule has 8 N–H and O–H groups in total. The maximum absolute atomic E-state index is 13.0. The van der Waals surface area contributed by atoms with Crippen LogP contribution in [0.15, 0.2) is 30.3 Å². The van der Waals surface area contributed by atoms with Crippen LogP contribution in [0, 0.1) is 5.92 Å². The van der Waals surface area contributed by atoms with Gasteiger partial charge >= 0.3 is 5.97 Å². The number of carbonyl (C=O) groups is 5. The summed E-state index contributed by atoms with van der Waals surface area (Å²) in [6.45, 7) is 3.33. The predicted molar refractivity (Wildman–Crippen MR) is 116 cm³/mol. The number of hydrogen-bond donors (Lipinski definition) is 6. The number of benzene rings is 1. The molecule has 4 amide bonds. The lowest BCUT2D eigenvalue weighted by Gasteiger charge is -2.25. The molecule has 1 aromatic carbocycles. The van der Waals surface area contributed by atoms with Crippen molar-refractivity contribution in [2.24, 2.45) is 17.4 Å². The van der Waals surface area contributed by atoms with Crippen molar-refractivity contribution in [1.82, 2.24) is 16.0 Å². The summed E-state index contributed by atoms with van der Waals surface area (Å²) in [5.41, 5.74) is 11.2. The molecule has 0 radical (unpaired) electrons.